The minimum absolute atomic E-state index is 0.379. The number of rotatable bonds is 6. The summed E-state index contributed by atoms with van der Waals surface area (Å²) in [4.78, 5) is 0. The van der Waals surface area contributed by atoms with Crippen molar-refractivity contribution in [1.82, 2.24) is 15.1 Å². The second-order valence-electron chi connectivity index (χ2n) is 6.81. The van der Waals surface area contributed by atoms with Crippen LogP contribution in [0.1, 0.15) is 45.6 Å². The molecular weight excluding hydrogens is 222 g/mol. The first kappa shape index (κ1) is 13.6. The quantitative estimate of drug-likeness (QED) is 0.840. The van der Waals surface area contributed by atoms with Crippen molar-refractivity contribution in [3.05, 3.63) is 18.0 Å². The van der Waals surface area contributed by atoms with Gasteiger partial charge in [0.15, 0.2) is 0 Å². The van der Waals surface area contributed by atoms with Crippen molar-refractivity contribution in [2.24, 2.45) is 18.4 Å². The molecule has 2 rings (SSSR count). The van der Waals surface area contributed by atoms with Crippen LogP contribution in [-0.2, 0) is 13.5 Å². The molecule has 3 heteroatoms. The van der Waals surface area contributed by atoms with E-state index in [9.17, 15) is 0 Å². The first-order valence-electron chi connectivity index (χ1n) is 7.16. The summed E-state index contributed by atoms with van der Waals surface area (Å²) in [6.45, 7) is 8.23. The van der Waals surface area contributed by atoms with Gasteiger partial charge in [0.1, 0.15) is 0 Å². The molecule has 1 unspecified atom stereocenters. The van der Waals surface area contributed by atoms with E-state index in [1.165, 1.54) is 24.8 Å². The zero-order valence-electron chi connectivity index (χ0n) is 12.2. The lowest BCUT2D eigenvalue weighted by Crippen LogP contribution is -2.33. The Balaban J connectivity index is 1.83. The summed E-state index contributed by atoms with van der Waals surface area (Å²) in [6.07, 6.45) is 9.26. The van der Waals surface area contributed by atoms with Gasteiger partial charge in [-0.15, -0.1) is 0 Å². The van der Waals surface area contributed by atoms with E-state index in [0.29, 0.717) is 5.41 Å². The number of aryl methyl sites for hydroxylation is 2. The largest absolute Gasteiger partial charge is 0.314 e. The molecule has 0 spiro atoms. The van der Waals surface area contributed by atoms with E-state index in [1.807, 2.05) is 17.9 Å². The van der Waals surface area contributed by atoms with Crippen LogP contribution in [-0.4, -0.2) is 22.4 Å². The Morgan fingerprint density at radius 1 is 1.44 bits per heavy atom. The molecule has 0 radical (unpaired) electrons. The third-order valence-electron chi connectivity index (χ3n) is 3.99. The average Bonchev–Trinajstić information content (AvgIpc) is 2.99. The molecule has 1 aliphatic rings. The summed E-state index contributed by atoms with van der Waals surface area (Å²) in [5.41, 5.74) is 1.74. The lowest BCUT2D eigenvalue weighted by Gasteiger charge is -2.31. The number of aromatic nitrogens is 2. The van der Waals surface area contributed by atoms with Gasteiger partial charge in [0.05, 0.1) is 6.20 Å². The predicted molar refractivity (Wildman–Crippen MR) is 75.5 cm³/mol. The minimum Gasteiger partial charge on any atom is -0.314 e. The van der Waals surface area contributed by atoms with Gasteiger partial charge in [-0.3, -0.25) is 4.68 Å². The van der Waals surface area contributed by atoms with Crippen molar-refractivity contribution in [3.8, 4) is 0 Å². The van der Waals surface area contributed by atoms with Crippen molar-refractivity contribution < 1.29 is 0 Å². The van der Waals surface area contributed by atoms with Gasteiger partial charge in [0.2, 0.25) is 0 Å². The van der Waals surface area contributed by atoms with Crippen LogP contribution in [0.25, 0.3) is 0 Å². The summed E-state index contributed by atoms with van der Waals surface area (Å²) in [7, 11) is 1.99. The molecule has 1 heterocycles. The van der Waals surface area contributed by atoms with Gasteiger partial charge in [-0.1, -0.05) is 20.8 Å². The monoisotopic (exact) mass is 249 g/mol. The van der Waals surface area contributed by atoms with Crippen LogP contribution in [0.5, 0.6) is 0 Å². The van der Waals surface area contributed by atoms with Crippen LogP contribution >= 0.6 is 0 Å². The highest BCUT2D eigenvalue weighted by Crippen LogP contribution is 2.30. The molecule has 0 amide bonds. The number of hydrogen-bond donors (Lipinski definition) is 1. The first-order valence-corrected chi connectivity index (χ1v) is 7.16. The van der Waals surface area contributed by atoms with E-state index in [-0.39, 0.29) is 0 Å². The number of nitrogens with zero attached hydrogens (tertiary/aromatic N) is 2. The fourth-order valence-corrected chi connectivity index (χ4v) is 2.38. The van der Waals surface area contributed by atoms with Gasteiger partial charge >= 0.3 is 0 Å². The lowest BCUT2D eigenvalue weighted by atomic mass is 9.77. The highest BCUT2D eigenvalue weighted by molar-refractivity contribution is 5.04. The Hall–Kier alpha value is -0.830. The topological polar surface area (TPSA) is 29.9 Å². The normalized spacial score (nSPS) is 18.0. The number of hydrogen-bond acceptors (Lipinski definition) is 2. The molecule has 1 aromatic heterocycles. The SMILES string of the molecule is Cn1cc(CCC(CNC2CC2)C(C)(C)C)cn1. The maximum Gasteiger partial charge on any atom is 0.0521 e. The van der Waals surface area contributed by atoms with Crippen LogP contribution in [0, 0.1) is 11.3 Å². The summed E-state index contributed by atoms with van der Waals surface area (Å²) < 4.78 is 1.89. The maximum atomic E-state index is 4.24. The third-order valence-corrected chi connectivity index (χ3v) is 3.99. The van der Waals surface area contributed by atoms with Gasteiger partial charge in [-0.05, 0) is 49.1 Å². The average molecular weight is 249 g/mol. The number of nitrogens with one attached hydrogen (secondary N) is 1. The second kappa shape index (κ2) is 5.43. The van der Waals surface area contributed by atoms with Crippen LogP contribution in [0.2, 0.25) is 0 Å². The van der Waals surface area contributed by atoms with Crippen molar-refractivity contribution in [3.63, 3.8) is 0 Å². The smallest absolute Gasteiger partial charge is 0.0521 e. The Kier molecular flexibility index (Phi) is 4.10. The first-order chi connectivity index (χ1) is 8.45. The van der Waals surface area contributed by atoms with Gasteiger partial charge in [0.25, 0.3) is 0 Å². The molecule has 0 saturated heterocycles. The fraction of sp³-hybridized carbons (Fsp3) is 0.800. The molecule has 1 atom stereocenters. The van der Waals surface area contributed by atoms with Crippen molar-refractivity contribution in [2.45, 2.75) is 52.5 Å². The minimum atomic E-state index is 0.379. The van der Waals surface area contributed by atoms with Gasteiger partial charge in [-0.2, -0.15) is 5.10 Å². The van der Waals surface area contributed by atoms with E-state index < -0.39 is 0 Å². The predicted octanol–water partition coefficient (Wildman–Crippen LogP) is 2.77. The second-order valence-corrected chi connectivity index (χ2v) is 6.81. The highest BCUT2D eigenvalue weighted by atomic mass is 15.2. The van der Waals surface area contributed by atoms with E-state index in [2.05, 4.69) is 37.4 Å². The molecule has 1 saturated carbocycles. The van der Waals surface area contributed by atoms with E-state index in [0.717, 1.165) is 24.9 Å². The zero-order valence-corrected chi connectivity index (χ0v) is 12.2. The molecule has 3 nitrogen and oxygen atoms in total. The zero-order chi connectivity index (χ0) is 13.2. The Bertz CT molecular complexity index is 371. The summed E-state index contributed by atoms with van der Waals surface area (Å²) in [6, 6.07) is 0.813. The lowest BCUT2D eigenvalue weighted by molar-refractivity contribution is 0.218. The summed E-state index contributed by atoms with van der Waals surface area (Å²) >= 11 is 0. The molecular formula is C15H27N3. The third kappa shape index (κ3) is 4.13. The standard InChI is InChI=1S/C15H27N3/c1-15(2,3)13(10-16-14-7-8-14)6-5-12-9-17-18(4)11-12/h9,11,13-14,16H,5-8,10H2,1-4H3. The van der Waals surface area contributed by atoms with Crippen molar-refractivity contribution in [1.29, 1.82) is 0 Å². The van der Waals surface area contributed by atoms with Crippen LogP contribution < -0.4 is 5.32 Å². The molecule has 18 heavy (non-hydrogen) atoms. The summed E-state index contributed by atoms with van der Waals surface area (Å²) in [5, 5.41) is 7.93. The van der Waals surface area contributed by atoms with Gasteiger partial charge in [-0.25, -0.2) is 0 Å². The molecule has 0 aromatic carbocycles. The molecule has 1 fully saturated rings. The van der Waals surface area contributed by atoms with E-state index >= 15 is 0 Å². The van der Waals surface area contributed by atoms with Crippen LogP contribution in [0.15, 0.2) is 12.4 Å². The molecule has 0 bridgehead atoms. The molecule has 1 N–H and O–H groups in total. The fourth-order valence-electron chi connectivity index (χ4n) is 2.38. The van der Waals surface area contributed by atoms with E-state index in [1.54, 1.807) is 0 Å². The Morgan fingerprint density at radius 2 is 2.17 bits per heavy atom. The van der Waals surface area contributed by atoms with Gasteiger partial charge < -0.3 is 5.32 Å². The molecule has 102 valence electrons. The summed E-state index contributed by atoms with van der Waals surface area (Å²) in [5.74, 6) is 0.735. The Labute approximate surface area is 111 Å². The van der Waals surface area contributed by atoms with E-state index in [4.69, 9.17) is 0 Å². The van der Waals surface area contributed by atoms with Crippen LogP contribution in [0.3, 0.4) is 0 Å². The molecule has 1 aliphatic carbocycles. The maximum absolute atomic E-state index is 4.24. The molecule has 0 aliphatic heterocycles. The van der Waals surface area contributed by atoms with Crippen LogP contribution in [0.4, 0.5) is 0 Å². The highest BCUT2D eigenvalue weighted by Gasteiger charge is 2.27. The van der Waals surface area contributed by atoms with Gasteiger partial charge in [0, 0.05) is 19.3 Å². The Morgan fingerprint density at radius 3 is 2.67 bits per heavy atom. The van der Waals surface area contributed by atoms with Crippen molar-refractivity contribution in [2.75, 3.05) is 6.54 Å². The van der Waals surface area contributed by atoms with Crippen molar-refractivity contribution >= 4 is 0 Å². The molecule has 1 aromatic rings.